The van der Waals surface area contributed by atoms with Crippen LogP contribution in [0, 0.1) is 6.92 Å². The summed E-state index contributed by atoms with van der Waals surface area (Å²) in [6.07, 6.45) is 6.48. The molecule has 0 radical (unpaired) electrons. The van der Waals surface area contributed by atoms with Crippen molar-refractivity contribution in [3.63, 3.8) is 0 Å². The first-order valence-electron chi connectivity index (χ1n) is 8.86. The van der Waals surface area contributed by atoms with Gasteiger partial charge >= 0.3 is 0 Å². The van der Waals surface area contributed by atoms with Crippen molar-refractivity contribution in [1.82, 2.24) is 24.5 Å². The number of aryl methyl sites for hydroxylation is 1. The fourth-order valence-electron chi connectivity index (χ4n) is 3.54. The molecule has 0 N–H and O–H groups in total. The molecule has 3 heterocycles. The lowest BCUT2D eigenvalue weighted by atomic mass is 10.2. The lowest BCUT2D eigenvalue weighted by Gasteiger charge is -2.23. The molecule has 0 amide bonds. The van der Waals surface area contributed by atoms with Gasteiger partial charge in [-0.05, 0) is 25.0 Å². The van der Waals surface area contributed by atoms with Gasteiger partial charge in [0.15, 0.2) is 11.5 Å². The third kappa shape index (κ3) is 3.27. The normalized spacial score (nSPS) is 20.7. The Kier molecular flexibility index (Phi) is 4.81. The predicted molar refractivity (Wildman–Crippen MR) is 97.2 cm³/mol. The lowest BCUT2D eigenvalue weighted by molar-refractivity contribution is 0.105. The van der Waals surface area contributed by atoms with Gasteiger partial charge in [-0.15, -0.1) is 10.2 Å². The molecule has 1 aromatic carbocycles. The van der Waals surface area contributed by atoms with Crippen molar-refractivity contribution < 1.29 is 9.47 Å². The number of ether oxygens (including phenoxy) is 2. The average molecular weight is 353 g/mol. The van der Waals surface area contributed by atoms with E-state index in [9.17, 15) is 0 Å². The Morgan fingerprint density at radius 1 is 1.23 bits per heavy atom. The first-order valence-corrected chi connectivity index (χ1v) is 8.86. The summed E-state index contributed by atoms with van der Waals surface area (Å²) in [6, 6.07) is 8.24. The highest BCUT2D eigenvalue weighted by molar-refractivity contribution is 5.34. The topological polar surface area (TPSA) is 64.8 Å². The number of likely N-dealkylation sites (tertiary alicyclic amines) is 1. The molecule has 7 nitrogen and oxygen atoms in total. The lowest BCUT2D eigenvalue weighted by Crippen LogP contribution is -2.30. The van der Waals surface area contributed by atoms with Crippen LogP contribution in [0.3, 0.4) is 0 Å². The number of methoxy groups -OCH3 is 1. The van der Waals surface area contributed by atoms with Gasteiger partial charge in [-0.25, -0.2) is 0 Å². The Morgan fingerprint density at radius 3 is 2.96 bits per heavy atom. The van der Waals surface area contributed by atoms with Crippen LogP contribution in [0.15, 0.2) is 42.9 Å². The standard InChI is InChI=1S/C19H23N5O2/c1-14-5-3-4-6-17(14)26-10-9-23-13-15(25-2)11-16(23)19-22-21-18-12-20-7-8-24(18)19/h3-8,12,15-16H,9-11,13H2,1-2H3/t15-,16+/m1/s1. The second kappa shape index (κ2) is 7.39. The second-order valence-corrected chi connectivity index (χ2v) is 6.58. The highest BCUT2D eigenvalue weighted by atomic mass is 16.5. The molecule has 136 valence electrons. The van der Waals surface area contributed by atoms with Crippen LogP contribution in [0.4, 0.5) is 0 Å². The molecule has 0 spiro atoms. The predicted octanol–water partition coefficient (Wildman–Crippen LogP) is 2.27. The molecule has 7 heteroatoms. The van der Waals surface area contributed by atoms with Crippen molar-refractivity contribution in [2.24, 2.45) is 0 Å². The number of aromatic nitrogens is 4. The van der Waals surface area contributed by atoms with E-state index >= 15 is 0 Å². The van der Waals surface area contributed by atoms with Crippen molar-refractivity contribution in [3.05, 3.63) is 54.2 Å². The van der Waals surface area contributed by atoms with Gasteiger partial charge in [-0.1, -0.05) is 18.2 Å². The summed E-state index contributed by atoms with van der Waals surface area (Å²) in [5, 5.41) is 8.65. The zero-order chi connectivity index (χ0) is 17.9. The molecule has 0 aliphatic carbocycles. The molecule has 4 rings (SSSR count). The third-order valence-corrected chi connectivity index (χ3v) is 4.97. The van der Waals surface area contributed by atoms with Crippen molar-refractivity contribution in [2.45, 2.75) is 25.5 Å². The van der Waals surface area contributed by atoms with Crippen LogP contribution >= 0.6 is 0 Å². The van der Waals surface area contributed by atoms with Crippen molar-refractivity contribution in [2.75, 3.05) is 26.8 Å². The number of rotatable bonds is 6. The van der Waals surface area contributed by atoms with Gasteiger partial charge < -0.3 is 9.47 Å². The van der Waals surface area contributed by atoms with E-state index in [2.05, 4.69) is 33.1 Å². The molecule has 0 unspecified atom stereocenters. The minimum atomic E-state index is 0.151. The van der Waals surface area contributed by atoms with E-state index in [1.54, 1.807) is 19.5 Å². The summed E-state index contributed by atoms with van der Waals surface area (Å²) in [7, 11) is 1.76. The number of para-hydroxylation sites is 1. The fraction of sp³-hybridized carbons (Fsp3) is 0.421. The molecular formula is C19H23N5O2. The maximum absolute atomic E-state index is 5.99. The SMILES string of the molecule is CO[C@@H]1C[C@@H](c2nnc3cnccn23)N(CCOc2ccccc2C)C1. The van der Waals surface area contributed by atoms with Crippen molar-refractivity contribution in [3.8, 4) is 5.75 Å². The van der Waals surface area contributed by atoms with E-state index in [1.807, 2.05) is 28.8 Å². The van der Waals surface area contributed by atoms with Gasteiger partial charge in [0.1, 0.15) is 12.4 Å². The largest absolute Gasteiger partial charge is 0.492 e. The van der Waals surface area contributed by atoms with Gasteiger partial charge in [-0.2, -0.15) is 0 Å². The average Bonchev–Trinajstić information content (AvgIpc) is 3.27. The Hall–Kier alpha value is -2.51. The summed E-state index contributed by atoms with van der Waals surface area (Å²) >= 11 is 0. The van der Waals surface area contributed by atoms with Crippen LogP contribution in [-0.2, 0) is 4.74 Å². The number of hydrogen-bond donors (Lipinski definition) is 0. The second-order valence-electron chi connectivity index (χ2n) is 6.58. The monoisotopic (exact) mass is 353 g/mol. The number of benzene rings is 1. The Bertz CT molecular complexity index is 881. The van der Waals surface area contributed by atoms with E-state index in [1.165, 1.54) is 0 Å². The van der Waals surface area contributed by atoms with Crippen LogP contribution in [0.25, 0.3) is 5.65 Å². The maximum Gasteiger partial charge on any atom is 0.179 e. The number of nitrogens with zero attached hydrogens (tertiary/aromatic N) is 5. The Morgan fingerprint density at radius 2 is 2.12 bits per heavy atom. The van der Waals surface area contributed by atoms with Crippen LogP contribution in [-0.4, -0.2) is 57.4 Å². The summed E-state index contributed by atoms with van der Waals surface area (Å²) in [4.78, 5) is 6.48. The summed E-state index contributed by atoms with van der Waals surface area (Å²) in [5.41, 5.74) is 1.91. The van der Waals surface area contributed by atoms with Gasteiger partial charge in [0.05, 0.1) is 18.3 Å². The number of fused-ring (bicyclic) bond motifs is 1. The fourth-order valence-corrected chi connectivity index (χ4v) is 3.54. The molecular weight excluding hydrogens is 330 g/mol. The molecule has 1 saturated heterocycles. The van der Waals surface area contributed by atoms with Crippen LogP contribution in [0.1, 0.15) is 23.9 Å². The van der Waals surface area contributed by atoms with E-state index < -0.39 is 0 Å². The molecule has 0 bridgehead atoms. The Labute approximate surface area is 152 Å². The number of hydrogen-bond acceptors (Lipinski definition) is 6. The van der Waals surface area contributed by atoms with E-state index in [0.717, 1.165) is 42.3 Å². The molecule has 1 aliphatic rings. The first-order chi connectivity index (χ1) is 12.8. The van der Waals surface area contributed by atoms with Crippen LogP contribution in [0.5, 0.6) is 5.75 Å². The first kappa shape index (κ1) is 16.9. The minimum Gasteiger partial charge on any atom is -0.492 e. The van der Waals surface area contributed by atoms with E-state index in [0.29, 0.717) is 6.61 Å². The highest BCUT2D eigenvalue weighted by Gasteiger charge is 2.35. The molecule has 2 aromatic heterocycles. The van der Waals surface area contributed by atoms with Crippen LogP contribution in [0.2, 0.25) is 0 Å². The summed E-state index contributed by atoms with van der Waals surface area (Å²) in [5.74, 6) is 1.86. The van der Waals surface area contributed by atoms with Gasteiger partial charge in [0.2, 0.25) is 0 Å². The minimum absolute atomic E-state index is 0.151. The van der Waals surface area contributed by atoms with Crippen molar-refractivity contribution >= 4 is 5.65 Å². The van der Waals surface area contributed by atoms with Gasteiger partial charge in [0.25, 0.3) is 0 Å². The van der Waals surface area contributed by atoms with Gasteiger partial charge in [-0.3, -0.25) is 14.3 Å². The van der Waals surface area contributed by atoms with Crippen molar-refractivity contribution in [1.29, 1.82) is 0 Å². The maximum atomic E-state index is 5.99. The molecule has 26 heavy (non-hydrogen) atoms. The zero-order valence-corrected chi connectivity index (χ0v) is 15.1. The molecule has 1 aliphatic heterocycles. The molecule has 1 fully saturated rings. The highest BCUT2D eigenvalue weighted by Crippen LogP contribution is 2.32. The third-order valence-electron chi connectivity index (χ3n) is 4.97. The molecule has 0 saturated carbocycles. The molecule has 2 atom stereocenters. The van der Waals surface area contributed by atoms with E-state index in [4.69, 9.17) is 9.47 Å². The zero-order valence-electron chi connectivity index (χ0n) is 15.1. The quantitative estimate of drug-likeness (QED) is 0.677. The smallest absolute Gasteiger partial charge is 0.179 e. The van der Waals surface area contributed by atoms with E-state index in [-0.39, 0.29) is 12.1 Å². The van der Waals surface area contributed by atoms with Crippen LogP contribution < -0.4 is 4.74 Å². The van der Waals surface area contributed by atoms with Gasteiger partial charge in [0, 0.05) is 32.6 Å². The summed E-state index contributed by atoms with van der Waals surface area (Å²) in [6.45, 7) is 4.35. The molecule has 3 aromatic rings. The summed E-state index contributed by atoms with van der Waals surface area (Å²) < 4.78 is 13.6. The Balaban J connectivity index is 1.49.